The van der Waals surface area contributed by atoms with Crippen LogP contribution in [-0.2, 0) is 4.79 Å². The number of hydrogen-bond acceptors (Lipinski definition) is 1. The van der Waals surface area contributed by atoms with Gasteiger partial charge in [0.05, 0.1) is 0 Å². The van der Waals surface area contributed by atoms with Crippen molar-refractivity contribution in [1.29, 1.82) is 0 Å². The highest BCUT2D eigenvalue weighted by Gasteiger charge is 2.68. The van der Waals surface area contributed by atoms with Gasteiger partial charge in [0, 0.05) is 12.8 Å². The van der Waals surface area contributed by atoms with Crippen molar-refractivity contribution in [2.45, 2.75) is 105 Å². The van der Waals surface area contributed by atoms with Crippen molar-refractivity contribution in [2.24, 2.45) is 51.2 Å². The Labute approximate surface area is 179 Å². The number of carbonyl (C=O) groups excluding carboxylic acids is 1. The first-order valence-electron chi connectivity index (χ1n) is 12.7. The largest absolute Gasteiger partial charge is 0.300 e. The second-order valence-electron chi connectivity index (χ2n) is 13.2. The monoisotopic (exact) mass is 396 g/mol. The zero-order valence-corrected chi connectivity index (χ0v) is 19.8. The minimum atomic E-state index is 0.402. The number of rotatable bonds is 1. The van der Waals surface area contributed by atoms with Gasteiger partial charge in [-0.25, -0.2) is 0 Å². The summed E-state index contributed by atoms with van der Waals surface area (Å²) in [7, 11) is 0. The normalized spacial score (nSPS) is 56.7. The minimum Gasteiger partial charge on any atom is -0.300 e. The van der Waals surface area contributed by atoms with Crippen LogP contribution in [0.15, 0.2) is 12.2 Å². The minimum absolute atomic E-state index is 0.402. The highest BCUT2D eigenvalue weighted by atomic mass is 16.1. The van der Waals surface area contributed by atoms with Gasteiger partial charge in [-0.15, -0.1) is 0 Å². The van der Waals surface area contributed by atoms with E-state index in [-0.39, 0.29) is 0 Å². The third-order valence-corrected chi connectivity index (χ3v) is 12.4. The van der Waals surface area contributed by atoms with E-state index in [2.05, 4.69) is 41.2 Å². The molecule has 0 aromatic rings. The average Bonchev–Trinajstić information content (AvgIpc) is 3.01. The fourth-order valence-corrected chi connectivity index (χ4v) is 10.4. The van der Waals surface area contributed by atoms with Crippen molar-refractivity contribution >= 4 is 5.78 Å². The first-order valence-corrected chi connectivity index (χ1v) is 12.7. The lowest BCUT2D eigenvalue weighted by Gasteiger charge is -2.71. The Kier molecular flexibility index (Phi) is 4.36. The molecule has 1 heteroatoms. The Morgan fingerprint density at radius 1 is 0.897 bits per heavy atom. The molecular weight excluding hydrogens is 352 g/mol. The molecule has 0 bridgehead atoms. The van der Waals surface area contributed by atoms with Crippen molar-refractivity contribution < 1.29 is 4.79 Å². The van der Waals surface area contributed by atoms with Crippen LogP contribution in [0.1, 0.15) is 105 Å². The van der Waals surface area contributed by atoms with Gasteiger partial charge >= 0.3 is 0 Å². The van der Waals surface area contributed by atoms with Gasteiger partial charge in [-0.1, -0.05) is 39.8 Å². The van der Waals surface area contributed by atoms with Crippen LogP contribution in [0.5, 0.6) is 0 Å². The summed E-state index contributed by atoms with van der Waals surface area (Å²) in [6.07, 6.45) is 14.0. The van der Waals surface area contributed by atoms with E-state index in [0.717, 1.165) is 42.9 Å². The van der Waals surface area contributed by atoms with Crippen LogP contribution >= 0.6 is 0 Å². The predicted molar refractivity (Wildman–Crippen MR) is 120 cm³/mol. The number of Topliss-reactive ketones (excluding diaryl/α,β-unsaturated/α-hetero) is 1. The van der Waals surface area contributed by atoms with Crippen LogP contribution in [0.3, 0.4) is 0 Å². The van der Waals surface area contributed by atoms with Crippen LogP contribution in [-0.4, -0.2) is 5.78 Å². The molecule has 9 atom stereocenters. The maximum atomic E-state index is 12.2. The summed E-state index contributed by atoms with van der Waals surface area (Å²) in [5.41, 5.74) is 3.32. The Bertz CT molecular complexity index is 737. The van der Waals surface area contributed by atoms with E-state index in [1.165, 1.54) is 56.9 Å². The first kappa shape index (κ1) is 20.3. The van der Waals surface area contributed by atoms with Crippen molar-refractivity contribution in [3.8, 4) is 0 Å². The molecule has 162 valence electrons. The number of hydrogen-bond donors (Lipinski definition) is 0. The van der Waals surface area contributed by atoms with E-state index < -0.39 is 0 Å². The SMILES string of the molecule is C=C(C)C1CCC2(C)CCC3(C)C(CCC4C5(C)CCC(=O)CC5CCC43C)C12. The van der Waals surface area contributed by atoms with E-state index in [1.807, 2.05) is 0 Å². The van der Waals surface area contributed by atoms with Gasteiger partial charge in [-0.3, -0.25) is 4.79 Å². The van der Waals surface area contributed by atoms with Gasteiger partial charge < -0.3 is 0 Å². The molecule has 0 aliphatic heterocycles. The van der Waals surface area contributed by atoms with Gasteiger partial charge in [0.2, 0.25) is 0 Å². The lowest BCUT2D eigenvalue weighted by atomic mass is 9.33. The molecule has 0 amide bonds. The summed E-state index contributed by atoms with van der Waals surface area (Å²) < 4.78 is 0. The van der Waals surface area contributed by atoms with E-state index >= 15 is 0 Å². The van der Waals surface area contributed by atoms with E-state index in [1.54, 1.807) is 0 Å². The molecule has 5 aliphatic carbocycles. The third kappa shape index (κ3) is 2.48. The molecule has 29 heavy (non-hydrogen) atoms. The van der Waals surface area contributed by atoms with Crippen molar-refractivity contribution in [3.63, 3.8) is 0 Å². The molecule has 0 aromatic heterocycles. The fourth-order valence-electron chi connectivity index (χ4n) is 10.4. The molecule has 0 spiro atoms. The smallest absolute Gasteiger partial charge is 0.133 e. The third-order valence-electron chi connectivity index (χ3n) is 12.4. The molecule has 5 saturated carbocycles. The maximum Gasteiger partial charge on any atom is 0.133 e. The van der Waals surface area contributed by atoms with Crippen molar-refractivity contribution in [3.05, 3.63) is 12.2 Å². The first-order chi connectivity index (χ1) is 13.6. The highest BCUT2D eigenvalue weighted by Crippen LogP contribution is 2.76. The molecule has 9 unspecified atom stereocenters. The van der Waals surface area contributed by atoms with Crippen LogP contribution in [0, 0.1) is 51.2 Å². The van der Waals surface area contributed by atoms with Crippen LogP contribution in [0.4, 0.5) is 0 Å². The summed E-state index contributed by atoms with van der Waals surface area (Å²) in [6.45, 7) is 17.4. The number of carbonyl (C=O) groups is 1. The molecule has 5 aliphatic rings. The molecule has 0 N–H and O–H groups in total. The van der Waals surface area contributed by atoms with E-state index in [9.17, 15) is 4.79 Å². The van der Waals surface area contributed by atoms with Crippen molar-refractivity contribution in [1.82, 2.24) is 0 Å². The number of fused-ring (bicyclic) bond motifs is 7. The van der Waals surface area contributed by atoms with Crippen LogP contribution < -0.4 is 0 Å². The van der Waals surface area contributed by atoms with Gasteiger partial charge in [0.1, 0.15) is 5.78 Å². The highest BCUT2D eigenvalue weighted by molar-refractivity contribution is 5.79. The zero-order valence-electron chi connectivity index (χ0n) is 19.8. The molecule has 1 nitrogen and oxygen atoms in total. The Balaban J connectivity index is 1.54. The molecule has 0 aromatic carbocycles. The maximum absolute atomic E-state index is 12.2. The summed E-state index contributed by atoms with van der Waals surface area (Å²) in [5, 5.41) is 0. The standard InChI is InChI=1S/C28H44O/c1-18(2)21-11-12-25(3)15-16-27(5)22(24(21)25)7-8-23-26(4)13-10-20(29)17-19(26)9-14-28(23,27)6/h19,21-24H,1,7-17H2,2-6H3. The summed E-state index contributed by atoms with van der Waals surface area (Å²) in [5.74, 6) is 4.50. The molecule has 5 rings (SSSR count). The molecule has 5 fully saturated rings. The second kappa shape index (κ2) is 6.23. The van der Waals surface area contributed by atoms with Crippen LogP contribution in [0.2, 0.25) is 0 Å². The van der Waals surface area contributed by atoms with E-state index in [4.69, 9.17) is 0 Å². The second-order valence-corrected chi connectivity index (χ2v) is 13.2. The number of ketones is 1. The summed E-state index contributed by atoms with van der Waals surface area (Å²) in [6, 6.07) is 0. The lowest BCUT2D eigenvalue weighted by Crippen LogP contribution is -2.64. The fraction of sp³-hybridized carbons (Fsp3) is 0.893. The molecule has 0 heterocycles. The quantitative estimate of drug-likeness (QED) is 0.417. The molecular formula is C28H44O. The van der Waals surface area contributed by atoms with Gasteiger partial charge in [0.25, 0.3) is 0 Å². The Morgan fingerprint density at radius 3 is 2.38 bits per heavy atom. The van der Waals surface area contributed by atoms with E-state index in [0.29, 0.717) is 33.4 Å². The predicted octanol–water partition coefficient (Wildman–Crippen LogP) is 7.60. The zero-order chi connectivity index (χ0) is 20.8. The number of allylic oxidation sites excluding steroid dienone is 1. The molecule has 0 saturated heterocycles. The summed E-state index contributed by atoms with van der Waals surface area (Å²) in [4.78, 5) is 12.2. The van der Waals surface area contributed by atoms with Gasteiger partial charge in [-0.2, -0.15) is 0 Å². The molecule has 0 radical (unpaired) electrons. The Hall–Kier alpha value is -0.590. The topological polar surface area (TPSA) is 17.1 Å². The Morgan fingerprint density at radius 2 is 1.66 bits per heavy atom. The average molecular weight is 397 g/mol. The van der Waals surface area contributed by atoms with Crippen molar-refractivity contribution in [2.75, 3.05) is 0 Å². The summed E-state index contributed by atoms with van der Waals surface area (Å²) >= 11 is 0. The van der Waals surface area contributed by atoms with Crippen LogP contribution in [0.25, 0.3) is 0 Å². The van der Waals surface area contributed by atoms with Gasteiger partial charge in [0.15, 0.2) is 0 Å². The van der Waals surface area contributed by atoms with Gasteiger partial charge in [-0.05, 0) is 116 Å². The lowest BCUT2D eigenvalue weighted by molar-refractivity contribution is -0.220.